The Morgan fingerprint density at radius 2 is 0.898 bits per heavy atom. The standard InChI is InChI=1S/C57H35NO/c1-2-17-37(18-3-1)53-54-47-25-11-15-29-52(47)59-56(54)46-24-7-6-23-45(46)55(53)58(39-31-30-36-16-4-5-19-38(36)34-39)40-32-33-44-43-22-10-14-28-50(43)57(51(44)35-40)48-26-12-8-20-41(48)42-21-9-13-27-49(42)57/h1-35H. The first-order chi connectivity index (χ1) is 29.3. The smallest absolute Gasteiger partial charge is 0.144 e. The van der Waals surface area contributed by atoms with Crippen molar-refractivity contribution in [1.82, 2.24) is 0 Å². The number of fused-ring (bicyclic) bond motifs is 16. The molecule has 2 aliphatic carbocycles. The number of hydrogen-bond acceptors (Lipinski definition) is 2. The van der Waals surface area contributed by atoms with Crippen LogP contribution in [0.5, 0.6) is 0 Å². The molecule has 1 spiro atoms. The molecule has 0 radical (unpaired) electrons. The number of furan rings is 1. The Morgan fingerprint density at radius 1 is 0.373 bits per heavy atom. The number of rotatable bonds is 4. The SMILES string of the molecule is c1ccc(-c2c(N(c3ccc4c(c3)C3(c5ccccc5-c5ccccc53)c3ccccc3-4)c3ccc4ccccc4c3)c3ccccc3c3oc4ccccc4c23)cc1. The van der Waals surface area contributed by atoms with E-state index in [1.54, 1.807) is 0 Å². The minimum absolute atomic E-state index is 0.473. The maximum absolute atomic E-state index is 6.84. The quantitative estimate of drug-likeness (QED) is 0.178. The van der Waals surface area contributed by atoms with Gasteiger partial charge in [0.05, 0.1) is 11.1 Å². The van der Waals surface area contributed by atoms with Gasteiger partial charge in [-0.1, -0.05) is 182 Å². The normalized spacial score (nSPS) is 13.2. The summed E-state index contributed by atoms with van der Waals surface area (Å²) in [5.74, 6) is 0. The molecule has 2 nitrogen and oxygen atoms in total. The van der Waals surface area contributed by atoms with Crippen LogP contribution in [0.2, 0.25) is 0 Å². The van der Waals surface area contributed by atoms with Crippen molar-refractivity contribution in [1.29, 1.82) is 0 Å². The van der Waals surface area contributed by atoms with Crippen LogP contribution in [0.3, 0.4) is 0 Å². The molecular weight excluding hydrogens is 715 g/mol. The molecule has 0 aliphatic heterocycles. The summed E-state index contributed by atoms with van der Waals surface area (Å²) in [5, 5.41) is 6.84. The molecule has 0 amide bonds. The number of hydrogen-bond donors (Lipinski definition) is 0. The van der Waals surface area contributed by atoms with Crippen molar-refractivity contribution in [2.45, 2.75) is 5.41 Å². The van der Waals surface area contributed by atoms with Crippen LogP contribution in [0.4, 0.5) is 17.1 Å². The van der Waals surface area contributed by atoms with Crippen LogP contribution in [0, 0.1) is 0 Å². The molecule has 11 aromatic rings. The van der Waals surface area contributed by atoms with Crippen molar-refractivity contribution in [2.75, 3.05) is 4.90 Å². The van der Waals surface area contributed by atoms with E-state index in [1.165, 1.54) is 55.3 Å². The molecule has 1 aromatic heterocycles. The van der Waals surface area contributed by atoms with Crippen LogP contribution in [0.25, 0.3) is 76.9 Å². The first-order valence-corrected chi connectivity index (χ1v) is 20.4. The highest BCUT2D eigenvalue weighted by molar-refractivity contribution is 6.27. The summed E-state index contributed by atoms with van der Waals surface area (Å²) in [6, 6.07) is 78.1. The summed E-state index contributed by atoms with van der Waals surface area (Å²) >= 11 is 0. The van der Waals surface area contributed by atoms with E-state index in [0.29, 0.717) is 0 Å². The average molecular weight is 750 g/mol. The fourth-order valence-corrected chi connectivity index (χ4v) is 10.7. The second-order valence-corrected chi connectivity index (χ2v) is 15.9. The van der Waals surface area contributed by atoms with Crippen LogP contribution in [-0.2, 0) is 5.41 Å². The molecule has 0 saturated heterocycles. The monoisotopic (exact) mass is 749 g/mol. The Kier molecular flexibility index (Phi) is 6.68. The predicted molar refractivity (Wildman–Crippen MR) is 245 cm³/mol. The maximum atomic E-state index is 6.84. The molecule has 274 valence electrons. The van der Waals surface area contributed by atoms with Crippen molar-refractivity contribution < 1.29 is 4.42 Å². The van der Waals surface area contributed by atoms with Crippen molar-refractivity contribution in [3.05, 3.63) is 235 Å². The summed E-state index contributed by atoms with van der Waals surface area (Å²) < 4.78 is 6.84. The van der Waals surface area contributed by atoms with Gasteiger partial charge in [0.2, 0.25) is 0 Å². The summed E-state index contributed by atoms with van der Waals surface area (Å²) in [6.07, 6.45) is 0. The molecule has 0 atom stereocenters. The maximum Gasteiger partial charge on any atom is 0.144 e. The highest BCUT2D eigenvalue weighted by Crippen LogP contribution is 2.63. The first kappa shape index (κ1) is 32.4. The molecule has 0 fully saturated rings. The minimum atomic E-state index is -0.473. The molecule has 2 aliphatic rings. The minimum Gasteiger partial charge on any atom is -0.455 e. The number of benzene rings is 10. The van der Waals surface area contributed by atoms with Gasteiger partial charge < -0.3 is 9.32 Å². The third kappa shape index (κ3) is 4.35. The summed E-state index contributed by atoms with van der Waals surface area (Å²) in [7, 11) is 0. The Balaban J connectivity index is 1.19. The largest absolute Gasteiger partial charge is 0.455 e. The lowest BCUT2D eigenvalue weighted by atomic mass is 9.70. The molecular formula is C57H35NO. The molecule has 0 unspecified atom stereocenters. The van der Waals surface area contributed by atoms with Crippen LogP contribution in [0.15, 0.2) is 217 Å². The second kappa shape index (κ2) is 12.2. The van der Waals surface area contributed by atoms with E-state index in [-0.39, 0.29) is 0 Å². The van der Waals surface area contributed by atoms with E-state index < -0.39 is 5.41 Å². The third-order valence-electron chi connectivity index (χ3n) is 13.0. The lowest BCUT2D eigenvalue weighted by Crippen LogP contribution is -2.26. The molecule has 1 heterocycles. The van der Waals surface area contributed by atoms with E-state index in [4.69, 9.17) is 4.42 Å². The highest BCUT2D eigenvalue weighted by Gasteiger charge is 2.51. The van der Waals surface area contributed by atoms with Gasteiger partial charge in [-0.2, -0.15) is 0 Å². The van der Waals surface area contributed by atoms with Gasteiger partial charge in [0.1, 0.15) is 11.2 Å². The number of nitrogens with zero attached hydrogens (tertiary/aromatic N) is 1. The highest BCUT2D eigenvalue weighted by atomic mass is 16.3. The zero-order valence-corrected chi connectivity index (χ0v) is 32.1. The van der Waals surface area contributed by atoms with Crippen molar-refractivity contribution >= 4 is 60.5 Å². The average Bonchev–Trinajstić information content (AvgIpc) is 3.94. The predicted octanol–water partition coefficient (Wildman–Crippen LogP) is 15.4. The van der Waals surface area contributed by atoms with E-state index in [2.05, 4.69) is 217 Å². The van der Waals surface area contributed by atoms with E-state index in [1.807, 2.05) is 0 Å². The molecule has 0 saturated carbocycles. The van der Waals surface area contributed by atoms with Gasteiger partial charge in [0, 0.05) is 38.5 Å². The molecule has 13 rings (SSSR count). The van der Waals surface area contributed by atoms with E-state index in [0.717, 1.165) is 60.9 Å². The van der Waals surface area contributed by atoms with E-state index >= 15 is 0 Å². The van der Waals surface area contributed by atoms with Gasteiger partial charge in [-0.05, 0) is 91.2 Å². The van der Waals surface area contributed by atoms with E-state index in [9.17, 15) is 0 Å². The second-order valence-electron chi connectivity index (χ2n) is 15.9. The Bertz CT molecular complexity index is 3460. The summed E-state index contributed by atoms with van der Waals surface area (Å²) in [6.45, 7) is 0. The molecule has 59 heavy (non-hydrogen) atoms. The van der Waals surface area contributed by atoms with Crippen molar-refractivity contribution in [3.63, 3.8) is 0 Å². The van der Waals surface area contributed by atoms with Crippen LogP contribution in [0.1, 0.15) is 22.3 Å². The van der Waals surface area contributed by atoms with Gasteiger partial charge in [0.15, 0.2) is 0 Å². The van der Waals surface area contributed by atoms with Gasteiger partial charge in [-0.15, -0.1) is 0 Å². The van der Waals surface area contributed by atoms with Crippen molar-refractivity contribution in [2.24, 2.45) is 0 Å². The third-order valence-corrected chi connectivity index (χ3v) is 13.0. The Morgan fingerprint density at radius 3 is 1.61 bits per heavy atom. The first-order valence-electron chi connectivity index (χ1n) is 20.4. The zero-order chi connectivity index (χ0) is 38.7. The zero-order valence-electron chi connectivity index (χ0n) is 32.1. The lowest BCUT2D eigenvalue weighted by Gasteiger charge is -2.33. The van der Waals surface area contributed by atoms with Crippen LogP contribution >= 0.6 is 0 Å². The van der Waals surface area contributed by atoms with Crippen LogP contribution in [-0.4, -0.2) is 0 Å². The van der Waals surface area contributed by atoms with Gasteiger partial charge in [-0.3, -0.25) is 0 Å². The van der Waals surface area contributed by atoms with Crippen LogP contribution < -0.4 is 4.90 Å². The molecule has 0 bridgehead atoms. The number of anilines is 3. The number of para-hydroxylation sites is 1. The Labute approximate surface area is 341 Å². The molecule has 2 heteroatoms. The van der Waals surface area contributed by atoms with Crippen molar-refractivity contribution in [3.8, 4) is 33.4 Å². The molecule has 0 N–H and O–H groups in total. The fraction of sp³-hybridized carbons (Fsp3) is 0.0175. The topological polar surface area (TPSA) is 16.4 Å². The summed E-state index contributed by atoms with van der Waals surface area (Å²) in [5.41, 5.74) is 17.4. The fourth-order valence-electron chi connectivity index (χ4n) is 10.7. The lowest BCUT2D eigenvalue weighted by molar-refractivity contribution is 0.673. The van der Waals surface area contributed by atoms with Gasteiger partial charge in [0.25, 0.3) is 0 Å². The Hall–Kier alpha value is -7.68. The van der Waals surface area contributed by atoms with Gasteiger partial charge in [-0.25, -0.2) is 0 Å². The summed E-state index contributed by atoms with van der Waals surface area (Å²) in [4.78, 5) is 2.53. The molecule has 10 aromatic carbocycles. The van der Waals surface area contributed by atoms with Gasteiger partial charge >= 0.3 is 0 Å².